The predicted molar refractivity (Wildman–Crippen MR) is 78.2 cm³/mol. The molecule has 0 heterocycles. The van der Waals surface area contributed by atoms with E-state index in [1.54, 1.807) is 19.2 Å². The van der Waals surface area contributed by atoms with Gasteiger partial charge in [0.25, 0.3) is 5.91 Å². The van der Waals surface area contributed by atoms with Gasteiger partial charge >= 0.3 is 0 Å². The second-order valence-corrected chi connectivity index (χ2v) is 4.16. The van der Waals surface area contributed by atoms with Gasteiger partial charge in [0.05, 0.1) is 12.2 Å². The van der Waals surface area contributed by atoms with Gasteiger partial charge in [-0.25, -0.2) is 0 Å². The van der Waals surface area contributed by atoms with E-state index in [1.807, 2.05) is 42.5 Å². The van der Waals surface area contributed by atoms with Crippen LogP contribution in [0, 0.1) is 0 Å². The van der Waals surface area contributed by atoms with E-state index in [-0.39, 0.29) is 5.91 Å². The van der Waals surface area contributed by atoms with Crippen LogP contribution in [0.4, 0.5) is 5.69 Å². The highest BCUT2D eigenvalue weighted by Crippen LogP contribution is 2.19. The highest BCUT2D eigenvalue weighted by Gasteiger charge is 2.12. The van der Waals surface area contributed by atoms with Crippen molar-refractivity contribution in [1.29, 1.82) is 0 Å². The number of nitrogens with one attached hydrogen (secondary N) is 1. The molecule has 0 aliphatic carbocycles. The maximum atomic E-state index is 12.2. The predicted octanol–water partition coefficient (Wildman–Crippen LogP) is 2.96. The van der Waals surface area contributed by atoms with Gasteiger partial charge in [-0.15, -0.1) is 0 Å². The van der Waals surface area contributed by atoms with Crippen molar-refractivity contribution >= 4 is 11.6 Å². The fourth-order valence-corrected chi connectivity index (χ4v) is 1.73. The van der Waals surface area contributed by atoms with Crippen molar-refractivity contribution in [2.75, 3.05) is 25.6 Å². The van der Waals surface area contributed by atoms with E-state index in [4.69, 9.17) is 9.47 Å². The second kappa shape index (κ2) is 7.31. The first-order valence-corrected chi connectivity index (χ1v) is 6.38. The summed E-state index contributed by atoms with van der Waals surface area (Å²) in [5, 5.41) is 2.84. The number of carbonyl (C=O) groups excluding carboxylic acids is 1. The van der Waals surface area contributed by atoms with Gasteiger partial charge in [-0.1, -0.05) is 30.3 Å². The standard InChI is InChI=1S/C16H17NO3/c1-19-11-12-20-15-10-6-5-9-14(15)16(18)17-13-7-3-2-4-8-13/h2-10H,11-12H2,1H3,(H,17,18). The molecule has 2 aromatic rings. The molecule has 20 heavy (non-hydrogen) atoms. The summed E-state index contributed by atoms with van der Waals surface area (Å²) >= 11 is 0. The molecule has 0 radical (unpaired) electrons. The molecule has 1 amide bonds. The molecule has 2 rings (SSSR count). The summed E-state index contributed by atoms with van der Waals surface area (Å²) in [6, 6.07) is 16.5. The third kappa shape index (κ3) is 3.83. The number of ether oxygens (including phenoxy) is 2. The summed E-state index contributed by atoms with van der Waals surface area (Å²) in [6.07, 6.45) is 0. The Hall–Kier alpha value is -2.33. The van der Waals surface area contributed by atoms with Crippen molar-refractivity contribution in [2.45, 2.75) is 0 Å². The molecule has 2 aromatic carbocycles. The number of rotatable bonds is 6. The Morgan fingerprint density at radius 2 is 1.70 bits per heavy atom. The van der Waals surface area contributed by atoms with Crippen LogP contribution in [0.1, 0.15) is 10.4 Å². The summed E-state index contributed by atoms with van der Waals surface area (Å²) in [6.45, 7) is 0.890. The van der Waals surface area contributed by atoms with Crippen LogP contribution in [0.25, 0.3) is 0 Å². The molecule has 0 saturated carbocycles. The van der Waals surface area contributed by atoms with Crippen molar-refractivity contribution in [3.63, 3.8) is 0 Å². The Bertz CT molecular complexity index is 555. The van der Waals surface area contributed by atoms with Crippen LogP contribution in [0.5, 0.6) is 5.75 Å². The molecule has 4 heteroatoms. The van der Waals surface area contributed by atoms with E-state index >= 15 is 0 Å². The first-order chi connectivity index (χ1) is 9.81. The van der Waals surface area contributed by atoms with Crippen molar-refractivity contribution in [2.24, 2.45) is 0 Å². The maximum Gasteiger partial charge on any atom is 0.259 e. The number of anilines is 1. The normalized spacial score (nSPS) is 10.1. The Morgan fingerprint density at radius 1 is 1.00 bits per heavy atom. The number of methoxy groups -OCH3 is 1. The number of benzene rings is 2. The van der Waals surface area contributed by atoms with E-state index in [0.29, 0.717) is 24.5 Å². The molecule has 104 valence electrons. The van der Waals surface area contributed by atoms with Crippen LogP contribution in [0.3, 0.4) is 0 Å². The lowest BCUT2D eigenvalue weighted by Gasteiger charge is -2.11. The lowest BCUT2D eigenvalue weighted by molar-refractivity contribution is 0.101. The summed E-state index contributed by atoms with van der Waals surface area (Å²) < 4.78 is 10.5. The average Bonchev–Trinajstić information content (AvgIpc) is 2.49. The zero-order valence-corrected chi connectivity index (χ0v) is 11.3. The lowest BCUT2D eigenvalue weighted by Crippen LogP contribution is -2.14. The minimum absolute atomic E-state index is 0.191. The van der Waals surface area contributed by atoms with Gasteiger partial charge in [-0.3, -0.25) is 4.79 Å². The first-order valence-electron chi connectivity index (χ1n) is 6.38. The summed E-state index contributed by atoms with van der Waals surface area (Å²) in [5.74, 6) is 0.363. The molecule has 0 spiro atoms. The number of carbonyl (C=O) groups is 1. The van der Waals surface area contributed by atoms with E-state index < -0.39 is 0 Å². The Balaban J connectivity index is 2.09. The van der Waals surface area contributed by atoms with E-state index in [0.717, 1.165) is 5.69 Å². The summed E-state index contributed by atoms with van der Waals surface area (Å²) in [7, 11) is 1.61. The number of amides is 1. The number of hydrogen-bond acceptors (Lipinski definition) is 3. The number of hydrogen-bond donors (Lipinski definition) is 1. The van der Waals surface area contributed by atoms with Crippen molar-refractivity contribution in [3.8, 4) is 5.75 Å². The van der Waals surface area contributed by atoms with Crippen LogP contribution in [-0.4, -0.2) is 26.2 Å². The fourth-order valence-electron chi connectivity index (χ4n) is 1.73. The van der Waals surface area contributed by atoms with Gasteiger partial charge in [-0.2, -0.15) is 0 Å². The summed E-state index contributed by atoms with van der Waals surface area (Å²) in [5.41, 5.74) is 1.26. The van der Waals surface area contributed by atoms with E-state index in [2.05, 4.69) is 5.32 Å². The Labute approximate surface area is 118 Å². The third-order valence-corrected chi connectivity index (χ3v) is 2.71. The van der Waals surface area contributed by atoms with Gasteiger partial charge < -0.3 is 14.8 Å². The minimum atomic E-state index is -0.191. The zero-order chi connectivity index (χ0) is 14.2. The van der Waals surface area contributed by atoms with Gasteiger partial charge in [-0.05, 0) is 24.3 Å². The van der Waals surface area contributed by atoms with Crippen molar-refractivity contribution < 1.29 is 14.3 Å². The molecular formula is C16H17NO3. The molecule has 0 bridgehead atoms. The molecule has 1 N–H and O–H groups in total. The van der Waals surface area contributed by atoms with Gasteiger partial charge in [0.1, 0.15) is 12.4 Å². The smallest absolute Gasteiger partial charge is 0.259 e. The summed E-state index contributed by atoms with van der Waals surface area (Å²) in [4.78, 5) is 12.2. The van der Waals surface area contributed by atoms with Gasteiger partial charge in [0, 0.05) is 12.8 Å². The first kappa shape index (κ1) is 14.1. The molecule has 0 unspecified atom stereocenters. The van der Waals surface area contributed by atoms with Gasteiger partial charge in [0.2, 0.25) is 0 Å². The van der Waals surface area contributed by atoms with Crippen LogP contribution < -0.4 is 10.1 Å². The SMILES string of the molecule is COCCOc1ccccc1C(=O)Nc1ccccc1. The molecule has 0 saturated heterocycles. The highest BCUT2D eigenvalue weighted by molar-refractivity contribution is 6.06. The van der Waals surface area contributed by atoms with Crippen molar-refractivity contribution in [3.05, 3.63) is 60.2 Å². The molecule has 0 aliphatic heterocycles. The van der Waals surface area contributed by atoms with Gasteiger partial charge in [0.15, 0.2) is 0 Å². The molecule has 0 fully saturated rings. The molecular weight excluding hydrogens is 254 g/mol. The molecule has 0 aliphatic rings. The lowest BCUT2D eigenvalue weighted by atomic mass is 10.2. The fraction of sp³-hybridized carbons (Fsp3) is 0.188. The quantitative estimate of drug-likeness (QED) is 0.822. The average molecular weight is 271 g/mol. The second-order valence-electron chi connectivity index (χ2n) is 4.16. The van der Waals surface area contributed by atoms with Crippen LogP contribution in [0.2, 0.25) is 0 Å². The monoisotopic (exact) mass is 271 g/mol. The largest absolute Gasteiger partial charge is 0.490 e. The Kier molecular flexibility index (Phi) is 5.15. The third-order valence-electron chi connectivity index (χ3n) is 2.71. The zero-order valence-electron chi connectivity index (χ0n) is 11.3. The molecule has 0 aromatic heterocycles. The van der Waals surface area contributed by atoms with Crippen LogP contribution in [0.15, 0.2) is 54.6 Å². The Morgan fingerprint density at radius 3 is 2.45 bits per heavy atom. The van der Waals surface area contributed by atoms with Crippen LogP contribution in [-0.2, 0) is 4.74 Å². The number of para-hydroxylation sites is 2. The van der Waals surface area contributed by atoms with E-state index in [9.17, 15) is 4.79 Å². The van der Waals surface area contributed by atoms with Crippen LogP contribution >= 0.6 is 0 Å². The van der Waals surface area contributed by atoms with Crippen molar-refractivity contribution in [1.82, 2.24) is 0 Å². The molecule has 4 nitrogen and oxygen atoms in total. The maximum absolute atomic E-state index is 12.2. The molecule has 0 atom stereocenters. The highest BCUT2D eigenvalue weighted by atomic mass is 16.5. The minimum Gasteiger partial charge on any atom is -0.490 e. The topological polar surface area (TPSA) is 47.6 Å². The van der Waals surface area contributed by atoms with E-state index in [1.165, 1.54) is 0 Å².